The summed E-state index contributed by atoms with van der Waals surface area (Å²) in [4.78, 5) is 0. The molecule has 0 atom stereocenters. The molecule has 0 aromatic heterocycles. The van der Waals surface area contributed by atoms with Gasteiger partial charge in [0.25, 0.3) is 0 Å². The molecule has 0 aliphatic heterocycles. The van der Waals surface area contributed by atoms with Gasteiger partial charge in [0.1, 0.15) is 17.3 Å². The number of hydrogen-bond donors (Lipinski definition) is 1. The van der Waals surface area contributed by atoms with Crippen LogP contribution in [0, 0.1) is 12.7 Å². The molecule has 0 amide bonds. The SMILES string of the molecule is Cc1ccc(CN)c(Oc2cc(F)c(Cl)cc2Br)c1. The topological polar surface area (TPSA) is 35.2 Å². The zero-order valence-corrected chi connectivity index (χ0v) is 12.6. The van der Waals surface area contributed by atoms with Crippen molar-refractivity contribution in [2.24, 2.45) is 5.73 Å². The average molecular weight is 345 g/mol. The first-order valence-corrected chi connectivity index (χ1v) is 6.80. The Hall–Kier alpha value is -1.10. The summed E-state index contributed by atoms with van der Waals surface area (Å²) in [5.41, 5.74) is 7.55. The van der Waals surface area contributed by atoms with Crippen molar-refractivity contribution >= 4 is 27.5 Å². The van der Waals surface area contributed by atoms with E-state index in [4.69, 9.17) is 22.1 Å². The van der Waals surface area contributed by atoms with E-state index < -0.39 is 5.82 Å². The van der Waals surface area contributed by atoms with Crippen LogP contribution in [0.4, 0.5) is 4.39 Å². The third kappa shape index (κ3) is 3.26. The number of hydrogen-bond acceptors (Lipinski definition) is 2. The summed E-state index contributed by atoms with van der Waals surface area (Å²) in [6.45, 7) is 2.30. The molecule has 2 aromatic carbocycles. The van der Waals surface area contributed by atoms with Gasteiger partial charge in [0, 0.05) is 18.2 Å². The van der Waals surface area contributed by atoms with E-state index in [9.17, 15) is 4.39 Å². The summed E-state index contributed by atoms with van der Waals surface area (Å²) in [7, 11) is 0. The summed E-state index contributed by atoms with van der Waals surface area (Å²) in [5.74, 6) is 0.453. The molecule has 0 spiro atoms. The maximum atomic E-state index is 13.5. The van der Waals surface area contributed by atoms with Crippen molar-refractivity contribution in [3.63, 3.8) is 0 Å². The molecule has 0 saturated heterocycles. The van der Waals surface area contributed by atoms with Crippen molar-refractivity contribution in [2.45, 2.75) is 13.5 Å². The Bertz CT molecular complexity index is 619. The highest BCUT2D eigenvalue weighted by Gasteiger charge is 2.11. The first-order valence-electron chi connectivity index (χ1n) is 5.63. The second-order valence-corrected chi connectivity index (χ2v) is 5.38. The van der Waals surface area contributed by atoms with E-state index in [2.05, 4.69) is 15.9 Å². The first-order chi connectivity index (χ1) is 9.01. The fourth-order valence-corrected chi connectivity index (χ4v) is 2.35. The van der Waals surface area contributed by atoms with Gasteiger partial charge in [-0.05, 0) is 40.5 Å². The van der Waals surface area contributed by atoms with E-state index in [1.165, 1.54) is 12.1 Å². The minimum Gasteiger partial charge on any atom is -0.456 e. The molecule has 0 bridgehead atoms. The van der Waals surface area contributed by atoms with Crippen molar-refractivity contribution in [3.8, 4) is 11.5 Å². The van der Waals surface area contributed by atoms with Gasteiger partial charge in [-0.25, -0.2) is 4.39 Å². The highest BCUT2D eigenvalue weighted by molar-refractivity contribution is 9.10. The molecule has 0 fully saturated rings. The van der Waals surface area contributed by atoms with Crippen LogP contribution in [0.5, 0.6) is 11.5 Å². The second kappa shape index (κ2) is 5.90. The van der Waals surface area contributed by atoms with E-state index >= 15 is 0 Å². The highest BCUT2D eigenvalue weighted by atomic mass is 79.9. The van der Waals surface area contributed by atoms with E-state index in [1.807, 2.05) is 25.1 Å². The molecule has 0 aliphatic rings. The number of aryl methyl sites for hydroxylation is 1. The van der Waals surface area contributed by atoms with Gasteiger partial charge in [-0.15, -0.1) is 0 Å². The zero-order valence-electron chi connectivity index (χ0n) is 10.2. The highest BCUT2D eigenvalue weighted by Crippen LogP contribution is 2.35. The molecule has 2 rings (SSSR count). The van der Waals surface area contributed by atoms with Crippen molar-refractivity contribution < 1.29 is 9.13 Å². The number of nitrogens with two attached hydrogens (primary N) is 1. The molecular weight excluding hydrogens is 333 g/mol. The Morgan fingerprint density at radius 3 is 2.68 bits per heavy atom. The molecule has 0 heterocycles. The molecule has 0 unspecified atom stereocenters. The molecule has 0 aliphatic carbocycles. The van der Waals surface area contributed by atoms with Crippen molar-refractivity contribution in [1.29, 1.82) is 0 Å². The predicted molar refractivity (Wildman–Crippen MR) is 78.3 cm³/mol. The number of benzene rings is 2. The standard InChI is InChI=1S/C14H12BrClFNO/c1-8-2-3-9(7-18)13(4-8)19-14-6-12(17)11(16)5-10(14)15/h2-6H,7,18H2,1H3. The van der Waals surface area contributed by atoms with Gasteiger partial charge in [0.15, 0.2) is 0 Å². The van der Waals surface area contributed by atoms with Crippen LogP contribution < -0.4 is 10.5 Å². The summed E-state index contributed by atoms with van der Waals surface area (Å²) < 4.78 is 19.8. The Morgan fingerprint density at radius 2 is 2.00 bits per heavy atom. The molecular formula is C14H12BrClFNO. The van der Waals surface area contributed by atoms with Crippen LogP contribution in [-0.4, -0.2) is 0 Å². The summed E-state index contributed by atoms with van der Waals surface area (Å²) >= 11 is 8.99. The molecule has 2 N–H and O–H groups in total. The van der Waals surface area contributed by atoms with Crippen LogP contribution in [0.3, 0.4) is 0 Å². The van der Waals surface area contributed by atoms with Crippen LogP contribution >= 0.6 is 27.5 Å². The van der Waals surface area contributed by atoms with Crippen LogP contribution in [0.1, 0.15) is 11.1 Å². The van der Waals surface area contributed by atoms with Crippen molar-refractivity contribution in [3.05, 3.63) is 56.8 Å². The predicted octanol–water partition coefficient (Wildman–Crippen LogP) is 4.80. The van der Waals surface area contributed by atoms with Crippen LogP contribution in [0.2, 0.25) is 5.02 Å². The van der Waals surface area contributed by atoms with Crippen molar-refractivity contribution in [2.75, 3.05) is 0 Å². The maximum absolute atomic E-state index is 13.5. The van der Waals surface area contributed by atoms with E-state index in [-0.39, 0.29) is 5.02 Å². The lowest BCUT2D eigenvalue weighted by Gasteiger charge is -2.12. The third-order valence-electron chi connectivity index (χ3n) is 2.64. The van der Waals surface area contributed by atoms with Crippen LogP contribution in [0.25, 0.3) is 0 Å². The zero-order chi connectivity index (χ0) is 14.0. The molecule has 5 heteroatoms. The normalized spacial score (nSPS) is 10.6. The summed E-state index contributed by atoms with van der Waals surface area (Å²) in [6, 6.07) is 8.41. The van der Waals surface area contributed by atoms with Gasteiger partial charge in [-0.1, -0.05) is 23.7 Å². The summed E-state index contributed by atoms with van der Waals surface area (Å²) in [5, 5.41) is 0.0440. The van der Waals surface area contributed by atoms with Gasteiger partial charge >= 0.3 is 0 Å². The minimum absolute atomic E-state index is 0.0440. The van der Waals surface area contributed by atoms with E-state index in [0.29, 0.717) is 22.5 Å². The average Bonchev–Trinajstić information content (AvgIpc) is 2.36. The van der Waals surface area contributed by atoms with Gasteiger partial charge in [0.05, 0.1) is 9.50 Å². The number of ether oxygens (including phenoxy) is 1. The minimum atomic E-state index is -0.526. The van der Waals surface area contributed by atoms with E-state index in [1.54, 1.807) is 0 Å². The van der Waals surface area contributed by atoms with E-state index in [0.717, 1.165) is 11.1 Å². The Labute approximate surface area is 124 Å². The van der Waals surface area contributed by atoms with Gasteiger partial charge in [-0.2, -0.15) is 0 Å². The second-order valence-electron chi connectivity index (χ2n) is 4.11. The van der Waals surface area contributed by atoms with Gasteiger partial charge in [-0.3, -0.25) is 0 Å². The van der Waals surface area contributed by atoms with Gasteiger partial charge < -0.3 is 10.5 Å². The van der Waals surface area contributed by atoms with Crippen molar-refractivity contribution in [1.82, 2.24) is 0 Å². The molecule has 2 aromatic rings. The molecule has 100 valence electrons. The largest absolute Gasteiger partial charge is 0.456 e. The molecule has 19 heavy (non-hydrogen) atoms. The first kappa shape index (κ1) is 14.3. The molecule has 0 saturated carbocycles. The maximum Gasteiger partial charge on any atom is 0.145 e. The Balaban J connectivity index is 2.41. The number of rotatable bonds is 3. The quantitative estimate of drug-likeness (QED) is 0.812. The monoisotopic (exact) mass is 343 g/mol. The van der Waals surface area contributed by atoms with Crippen LogP contribution in [0.15, 0.2) is 34.8 Å². The fourth-order valence-electron chi connectivity index (χ4n) is 1.63. The lowest BCUT2D eigenvalue weighted by atomic mass is 10.1. The fraction of sp³-hybridized carbons (Fsp3) is 0.143. The number of halogens is 3. The third-order valence-corrected chi connectivity index (χ3v) is 3.55. The van der Waals surface area contributed by atoms with Crippen LogP contribution in [-0.2, 0) is 6.54 Å². The lowest BCUT2D eigenvalue weighted by Crippen LogP contribution is -2.00. The molecule has 2 nitrogen and oxygen atoms in total. The summed E-state index contributed by atoms with van der Waals surface area (Å²) in [6.07, 6.45) is 0. The Morgan fingerprint density at radius 1 is 1.26 bits per heavy atom. The smallest absolute Gasteiger partial charge is 0.145 e. The Kier molecular flexibility index (Phi) is 4.45. The molecule has 0 radical (unpaired) electrons. The lowest BCUT2D eigenvalue weighted by molar-refractivity contribution is 0.467. The van der Waals surface area contributed by atoms with Gasteiger partial charge in [0.2, 0.25) is 0 Å².